The molecule has 1 aromatic carbocycles. The minimum Gasteiger partial charge on any atom is -0.378 e. The van der Waals surface area contributed by atoms with Gasteiger partial charge in [-0.15, -0.1) is 0 Å². The summed E-state index contributed by atoms with van der Waals surface area (Å²) >= 11 is 0. The molecular formula is C23H29N5O4. The van der Waals surface area contributed by atoms with Crippen LogP contribution in [0, 0.1) is 5.92 Å². The molecule has 0 atom stereocenters. The molecular weight excluding hydrogens is 410 g/mol. The predicted molar refractivity (Wildman–Crippen MR) is 121 cm³/mol. The maximum absolute atomic E-state index is 13.4. The average Bonchev–Trinajstić information content (AvgIpc) is 3.23. The molecule has 0 unspecified atom stereocenters. The molecule has 170 valence electrons. The Kier molecular flexibility index (Phi) is 6.55. The Hall–Kier alpha value is -3.20. The van der Waals surface area contributed by atoms with Crippen molar-refractivity contribution in [2.24, 2.45) is 5.92 Å². The first-order valence-electron chi connectivity index (χ1n) is 11.0. The second kappa shape index (κ2) is 9.52. The first-order valence-corrected chi connectivity index (χ1v) is 11.0. The number of imidazole rings is 1. The van der Waals surface area contributed by atoms with Crippen LogP contribution in [-0.4, -0.2) is 55.8 Å². The molecule has 0 aliphatic carbocycles. The van der Waals surface area contributed by atoms with E-state index in [1.807, 2.05) is 30.3 Å². The zero-order valence-electron chi connectivity index (χ0n) is 18.6. The summed E-state index contributed by atoms with van der Waals surface area (Å²) in [5.74, 6) is 0.194. The summed E-state index contributed by atoms with van der Waals surface area (Å²) in [7, 11) is 0. The number of ether oxygens (including phenoxy) is 1. The van der Waals surface area contributed by atoms with Gasteiger partial charge in [-0.25, -0.2) is 14.3 Å². The molecule has 0 radical (unpaired) electrons. The van der Waals surface area contributed by atoms with Crippen molar-refractivity contribution in [1.29, 1.82) is 0 Å². The Morgan fingerprint density at radius 2 is 1.81 bits per heavy atom. The van der Waals surface area contributed by atoms with E-state index in [-0.39, 0.29) is 19.0 Å². The van der Waals surface area contributed by atoms with Gasteiger partial charge in [-0.1, -0.05) is 44.2 Å². The van der Waals surface area contributed by atoms with E-state index in [0.717, 1.165) is 16.6 Å². The molecule has 3 aromatic rings. The van der Waals surface area contributed by atoms with Crippen molar-refractivity contribution in [1.82, 2.24) is 23.6 Å². The summed E-state index contributed by atoms with van der Waals surface area (Å²) in [6, 6.07) is 9.54. The molecule has 1 aliphatic heterocycles. The number of morpholine rings is 1. The lowest BCUT2D eigenvalue weighted by Crippen LogP contribution is -2.47. The number of benzene rings is 1. The fourth-order valence-corrected chi connectivity index (χ4v) is 3.90. The van der Waals surface area contributed by atoms with E-state index in [2.05, 4.69) is 18.8 Å². The van der Waals surface area contributed by atoms with Gasteiger partial charge < -0.3 is 14.2 Å². The van der Waals surface area contributed by atoms with Gasteiger partial charge in [0.15, 0.2) is 11.2 Å². The van der Waals surface area contributed by atoms with Crippen molar-refractivity contribution in [3.63, 3.8) is 0 Å². The maximum atomic E-state index is 13.4. The van der Waals surface area contributed by atoms with Gasteiger partial charge in [0.05, 0.1) is 26.1 Å². The van der Waals surface area contributed by atoms with Gasteiger partial charge in [-0.3, -0.25) is 14.2 Å². The number of aryl methyl sites for hydroxylation is 1. The van der Waals surface area contributed by atoms with Crippen LogP contribution in [0.3, 0.4) is 0 Å². The van der Waals surface area contributed by atoms with E-state index in [1.165, 1.54) is 4.57 Å². The molecule has 1 fully saturated rings. The zero-order chi connectivity index (χ0) is 22.7. The fourth-order valence-electron chi connectivity index (χ4n) is 3.90. The molecule has 9 nitrogen and oxygen atoms in total. The van der Waals surface area contributed by atoms with E-state index >= 15 is 0 Å². The van der Waals surface area contributed by atoms with Crippen LogP contribution in [0.2, 0.25) is 0 Å². The van der Waals surface area contributed by atoms with Gasteiger partial charge in [0.25, 0.3) is 5.56 Å². The highest BCUT2D eigenvalue weighted by Crippen LogP contribution is 2.12. The van der Waals surface area contributed by atoms with Crippen LogP contribution in [0.25, 0.3) is 11.2 Å². The largest absolute Gasteiger partial charge is 0.378 e. The Morgan fingerprint density at radius 3 is 2.50 bits per heavy atom. The van der Waals surface area contributed by atoms with E-state index in [9.17, 15) is 14.4 Å². The van der Waals surface area contributed by atoms with Crippen molar-refractivity contribution >= 4 is 17.1 Å². The zero-order valence-corrected chi connectivity index (χ0v) is 18.6. The third kappa shape index (κ3) is 4.52. The van der Waals surface area contributed by atoms with E-state index < -0.39 is 11.2 Å². The first-order chi connectivity index (χ1) is 15.5. The Bertz CT molecular complexity index is 1200. The van der Waals surface area contributed by atoms with E-state index in [1.54, 1.807) is 15.8 Å². The molecule has 1 amide bonds. The van der Waals surface area contributed by atoms with Crippen LogP contribution in [0.15, 0.2) is 46.2 Å². The summed E-state index contributed by atoms with van der Waals surface area (Å²) in [6.45, 7) is 6.65. The molecule has 3 heterocycles. The third-order valence-electron chi connectivity index (χ3n) is 5.77. The van der Waals surface area contributed by atoms with Crippen molar-refractivity contribution in [2.45, 2.75) is 39.9 Å². The monoisotopic (exact) mass is 439 g/mol. The number of carbonyl (C=O) groups is 1. The second-order valence-corrected chi connectivity index (χ2v) is 8.53. The normalized spacial score (nSPS) is 14.4. The number of carbonyl (C=O) groups excluding carboxylic acids is 1. The first kappa shape index (κ1) is 22.0. The van der Waals surface area contributed by atoms with Crippen molar-refractivity contribution in [3.05, 3.63) is 63.1 Å². The predicted octanol–water partition coefficient (Wildman–Crippen LogP) is 1.31. The lowest BCUT2D eigenvalue weighted by molar-refractivity contribution is -0.136. The minimum absolute atomic E-state index is 0.258. The molecule has 0 bridgehead atoms. The van der Waals surface area contributed by atoms with Gasteiger partial charge in [0.2, 0.25) is 5.91 Å². The van der Waals surface area contributed by atoms with Crippen LogP contribution >= 0.6 is 0 Å². The number of hydrogen-bond acceptors (Lipinski definition) is 5. The van der Waals surface area contributed by atoms with Crippen molar-refractivity contribution in [3.8, 4) is 0 Å². The second-order valence-electron chi connectivity index (χ2n) is 8.53. The van der Waals surface area contributed by atoms with Crippen LogP contribution < -0.4 is 11.2 Å². The van der Waals surface area contributed by atoms with Gasteiger partial charge in [-0.05, 0) is 17.9 Å². The lowest BCUT2D eigenvalue weighted by atomic mass is 10.1. The van der Waals surface area contributed by atoms with Crippen LogP contribution in [-0.2, 0) is 29.2 Å². The summed E-state index contributed by atoms with van der Waals surface area (Å²) in [6.07, 6.45) is 2.49. The molecule has 1 saturated heterocycles. The molecule has 2 aromatic heterocycles. The lowest BCUT2D eigenvalue weighted by Gasteiger charge is -2.27. The summed E-state index contributed by atoms with van der Waals surface area (Å²) in [5, 5.41) is 0. The highest BCUT2D eigenvalue weighted by Gasteiger charge is 2.23. The molecule has 0 spiro atoms. The number of aromatic nitrogens is 4. The van der Waals surface area contributed by atoms with Crippen LogP contribution in [0.1, 0.15) is 25.8 Å². The number of nitrogens with zero attached hydrogens (tertiary/aromatic N) is 5. The molecule has 0 saturated carbocycles. The van der Waals surface area contributed by atoms with E-state index in [4.69, 9.17) is 4.74 Å². The number of fused-ring (bicyclic) bond motifs is 1. The Morgan fingerprint density at radius 1 is 1.09 bits per heavy atom. The van der Waals surface area contributed by atoms with Crippen molar-refractivity contribution < 1.29 is 9.53 Å². The number of hydrogen-bond donors (Lipinski definition) is 0. The standard InChI is InChI=1S/C23H29N5O4/c1-17(2)8-9-26-16-24-21-20(26)22(30)28(15-19(29)25-10-12-32-13-11-25)23(31)27(21)14-18-6-4-3-5-7-18/h3-7,16-17H,8-15H2,1-2H3. The number of rotatable bonds is 7. The van der Waals surface area contributed by atoms with Crippen LogP contribution in [0.4, 0.5) is 0 Å². The van der Waals surface area contributed by atoms with Gasteiger partial charge in [-0.2, -0.15) is 0 Å². The summed E-state index contributed by atoms with van der Waals surface area (Å²) < 4.78 is 9.65. The highest BCUT2D eigenvalue weighted by atomic mass is 16.5. The quantitative estimate of drug-likeness (QED) is 0.554. The fraction of sp³-hybridized carbons (Fsp3) is 0.478. The van der Waals surface area contributed by atoms with Crippen LogP contribution in [0.5, 0.6) is 0 Å². The van der Waals surface area contributed by atoms with Crippen molar-refractivity contribution in [2.75, 3.05) is 26.3 Å². The molecule has 32 heavy (non-hydrogen) atoms. The van der Waals surface area contributed by atoms with Gasteiger partial charge >= 0.3 is 5.69 Å². The Balaban J connectivity index is 1.80. The SMILES string of the molecule is CC(C)CCn1cnc2c1c(=O)n(CC(=O)N1CCOCC1)c(=O)n2Cc1ccccc1. The summed E-state index contributed by atoms with van der Waals surface area (Å²) in [4.78, 5) is 45.7. The van der Waals surface area contributed by atoms with Gasteiger partial charge in [0, 0.05) is 19.6 Å². The Labute approximate surface area is 185 Å². The molecule has 4 rings (SSSR count). The topological polar surface area (TPSA) is 91.4 Å². The molecule has 1 aliphatic rings. The number of amides is 1. The maximum Gasteiger partial charge on any atom is 0.333 e. The molecule has 0 N–H and O–H groups in total. The molecule has 9 heteroatoms. The van der Waals surface area contributed by atoms with Gasteiger partial charge in [0.1, 0.15) is 6.54 Å². The highest BCUT2D eigenvalue weighted by molar-refractivity contribution is 5.77. The van der Waals surface area contributed by atoms with E-state index in [0.29, 0.717) is 49.9 Å². The smallest absolute Gasteiger partial charge is 0.333 e. The summed E-state index contributed by atoms with van der Waals surface area (Å²) in [5.41, 5.74) is 0.621. The average molecular weight is 440 g/mol. The third-order valence-corrected chi connectivity index (χ3v) is 5.77. The minimum atomic E-state index is -0.526.